The van der Waals surface area contributed by atoms with Gasteiger partial charge in [0.15, 0.2) is 0 Å². The zero-order valence-electron chi connectivity index (χ0n) is 10.2. The molecule has 3 rings (SSSR count). The first-order valence-corrected chi connectivity index (χ1v) is 6.66. The van der Waals surface area contributed by atoms with Crippen molar-refractivity contribution in [2.45, 2.75) is 57.9 Å². The van der Waals surface area contributed by atoms with Gasteiger partial charge in [-0.05, 0) is 51.4 Å². The molecule has 0 unspecified atom stereocenters. The Morgan fingerprint density at radius 2 is 2.13 bits per heavy atom. The van der Waals surface area contributed by atoms with E-state index in [2.05, 4.69) is 18.7 Å². The number of fused-ring (bicyclic) bond motifs is 2. The van der Waals surface area contributed by atoms with Crippen LogP contribution in [0.25, 0.3) is 0 Å². The van der Waals surface area contributed by atoms with Gasteiger partial charge in [0.25, 0.3) is 0 Å². The van der Waals surface area contributed by atoms with Crippen LogP contribution in [0.15, 0.2) is 11.1 Å². The summed E-state index contributed by atoms with van der Waals surface area (Å²) >= 11 is 0. The van der Waals surface area contributed by atoms with E-state index in [-0.39, 0.29) is 0 Å². The molecule has 2 heterocycles. The zero-order valence-corrected chi connectivity index (χ0v) is 10.2. The molecule has 1 saturated heterocycles. The molecule has 2 aliphatic heterocycles. The lowest BCUT2D eigenvalue weighted by atomic mass is 9.75. The minimum Gasteiger partial charge on any atom is -0.294 e. The maximum atomic E-state index is 2.78. The summed E-state index contributed by atoms with van der Waals surface area (Å²) in [6, 6.07) is 0. The molecule has 0 bridgehead atoms. The second kappa shape index (κ2) is 3.35. The molecular weight excluding hydrogens is 182 g/mol. The number of hydrogen-bond donors (Lipinski definition) is 0. The fraction of sp³-hybridized carbons (Fsp3) is 0.857. The van der Waals surface area contributed by atoms with Crippen LogP contribution in [-0.2, 0) is 0 Å². The van der Waals surface area contributed by atoms with Crippen molar-refractivity contribution in [2.24, 2.45) is 5.92 Å². The van der Waals surface area contributed by atoms with E-state index < -0.39 is 0 Å². The van der Waals surface area contributed by atoms with Crippen LogP contribution >= 0.6 is 0 Å². The van der Waals surface area contributed by atoms with Crippen molar-refractivity contribution in [3.63, 3.8) is 0 Å². The van der Waals surface area contributed by atoms with Crippen LogP contribution in [0.4, 0.5) is 0 Å². The summed E-state index contributed by atoms with van der Waals surface area (Å²) < 4.78 is 0. The molecule has 15 heavy (non-hydrogen) atoms. The molecule has 84 valence electrons. The van der Waals surface area contributed by atoms with E-state index in [0.717, 1.165) is 5.92 Å². The second-order valence-electron chi connectivity index (χ2n) is 6.05. The Hall–Kier alpha value is -0.300. The fourth-order valence-corrected chi connectivity index (χ4v) is 4.04. The van der Waals surface area contributed by atoms with Gasteiger partial charge in [-0.15, -0.1) is 0 Å². The van der Waals surface area contributed by atoms with Gasteiger partial charge in [-0.3, -0.25) is 4.90 Å². The van der Waals surface area contributed by atoms with Crippen LogP contribution in [-0.4, -0.2) is 23.5 Å². The van der Waals surface area contributed by atoms with Crippen molar-refractivity contribution in [3.8, 4) is 0 Å². The fourth-order valence-electron chi connectivity index (χ4n) is 4.04. The van der Waals surface area contributed by atoms with Crippen LogP contribution in [0.5, 0.6) is 0 Å². The molecule has 0 aromatic rings. The molecule has 3 aliphatic rings. The highest BCUT2D eigenvalue weighted by molar-refractivity contribution is 5.33. The van der Waals surface area contributed by atoms with Crippen molar-refractivity contribution in [3.05, 3.63) is 11.1 Å². The van der Waals surface area contributed by atoms with Gasteiger partial charge in [0.1, 0.15) is 0 Å². The molecular formula is C14H23N. The Labute approximate surface area is 93.5 Å². The van der Waals surface area contributed by atoms with Crippen LogP contribution in [0.2, 0.25) is 0 Å². The monoisotopic (exact) mass is 205 g/mol. The first kappa shape index (κ1) is 9.89. The Bertz CT molecular complexity index is 304. The molecule has 1 nitrogen and oxygen atoms in total. The highest BCUT2D eigenvalue weighted by Crippen LogP contribution is 2.47. The maximum absolute atomic E-state index is 2.78. The number of rotatable bonds is 0. The minimum atomic E-state index is 0.469. The van der Waals surface area contributed by atoms with E-state index in [9.17, 15) is 0 Å². The predicted molar refractivity (Wildman–Crippen MR) is 63.9 cm³/mol. The molecule has 0 aromatic heterocycles. The highest BCUT2D eigenvalue weighted by atomic mass is 15.2. The van der Waals surface area contributed by atoms with Crippen molar-refractivity contribution in [2.75, 3.05) is 13.1 Å². The molecule has 0 aromatic carbocycles. The summed E-state index contributed by atoms with van der Waals surface area (Å²) in [6.45, 7) is 7.60. The predicted octanol–water partition coefficient (Wildman–Crippen LogP) is 3.36. The van der Waals surface area contributed by atoms with Crippen molar-refractivity contribution >= 4 is 0 Å². The lowest BCUT2D eigenvalue weighted by molar-refractivity contribution is 0.0538. The molecule has 1 aliphatic carbocycles. The summed E-state index contributed by atoms with van der Waals surface area (Å²) in [6.07, 6.45) is 8.46. The Morgan fingerprint density at radius 3 is 3.00 bits per heavy atom. The summed E-state index contributed by atoms with van der Waals surface area (Å²) in [4.78, 5) is 2.78. The number of piperidine rings is 1. The Morgan fingerprint density at radius 1 is 1.27 bits per heavy atom. The van der Waals surface area contributed by atoms with Crippen LogP contribution < -0.4 is 0 Å². The molecule has 0 N–H and O–H groups in total. The third-order valence-corrected chi connectivity index (χ3v) is 5.02. The second-order valence-corrected chi connectivity index (χ2v) is 6.05. The standard InChI is InChI=1S/C14H23N/c1-11-6-8-14(2)13-5-3-4-12(13)7-9-15(14)10-11/h11H,3-10H2,1-2H3/t11-,14-/m0/s1. The average Bonchev–Trinajstić information content (AvgIpc) is 2.68. The quantitative estimate of drug-likeness (QED) is 0.548. The van der Waals surface area contributed by atoms with Gasteiger partial charge in [-0.25, -0.2) is 0 Å². The summed E-state index contributed by atoms with van der Waals surface area (Å²) in [5.41, 5.74) is 4.15. The van der Waals surface area contributed by atoms with Gasteiger partial charge in [-0.1, -0.05) is 18.1 Å². The number of nitrogens with zero attached hydrogens (tertiary/aromatic N) is 1. The van der Waals surface area contributed by atoms with Crippen LogP contribution in [0, 0.1) is 5.92 Å². The molecule has 2 atom stereocenters. The summed E-state index contributed by atoms with van der Waals surface area (Å²) in [7, 11) is 0. The molecule has 0 amide bonds. The molecule has 1 fully saturated rings. The third-order valence-electron chi connectivity index (χ3n) is 5.02. The largest absolute Gasteiger partial charge is 0.294 e. The van der Waals surface area contributed by atoms with Crippen molar-refractivity contribution in [1.82, 2.24) is 4.90 Å². The van der Waals surface area contributed by atoms with Crippen LogP contribution in [0.3, 0.4) is 0 Å². The van der Waals surface area contributed by atoms with Crippen molar-refractivity contribution in [1.29, 1.82) is 0 Å². The molecule has 0 radical (unpaired) electrons. The van der Waals surface area contributed by atoms with Crippen molar-refractivity contribution < 1.29 is 0 Å². The SMILES string of the molecule is C[C@H]1CC[C@@]2(C)C3=C(CCC3)CCN2C1. The van der Waals surface area contributed by atoms with Gasteiger partial charge in [0.2, 0.25) is 0 Å². The minimum absolute atomic E-state index is 0.469. The first-order chi connectivity index (χ1) is 7.20. The summed E-state index contributed by atoms with van der Waals surface area (Å²) in [5, 5.41) is 0. The van der Waals surface area contributed by atoms with E-state index in [1.54, 1.807) is 0 Å². The van der Waals surface area contributed by atoms with E-state index in [4.69, 9.17) is 0 Å². The van der Waals surface area contributed by atoms with Crippen LogP contribution in [0.1, 0.15) is 52.4 Å². The third kappa shape index (κ3) is 1.39. The first-order valence-electron chi connectivity index (χ1n) is 6.66. The highest BCUT2D eigenvalue weighted by Gasteiger charge is 2.43. The molecule has 0 spiro atoms. The number of hydrogen-bond acceptors (Lipinski definition) is 1. The van der Waals surface area contributed by atoms with Gasteiger partial charge in [0, 0.05) is 18.6 Å². The smallest absolute Gasteiger partial charge is 0.0395 e. The Balaban J connectivity index is 1.94. The topological polar surface area (TPSA) is 3.24 Å². The molecule has 1 heteroatoms. The average molecular weight is 205 g/mol. The van der Waals surface area contributed by atoms with Gasteiger partial charge < -0.3 is 0 Å². The van der Waals surface area contributed by atoms with E-state index in [0.29, 0.717) is 5.54 Å². The van der Waals surface area contributed by atoms with Gasteiger partial charge in [-0.2, -0.15) is 0 Å². The summed E-state index contributed by atoms with van der Waals surface area (Å²) in [5.74, 6) is 0.918. The van der Waals surface area contributed by atoms with Gasteiger partial charge in [0.05, 0.1) is 0 Å². The van der Waals surface area contributed by atoms with E-state index >= 15 is 0 Å². The van der Waals surface area contributed by atoms with E-state index in [1.165, 1.54) is 51.6 Å². The lowest BCUT2D eigenvalue weighted by Crippen LogP contribution is -2.55. The lowest BCUT2D eigenvalue weighted by Gasteiger charge is -2.51. The van der Waals surface area contributed by atoms with Gasteiger partial charge >= 0.3 is 0 Å². The molecule has 0 saturated carbocycles. The Kier molecular flexibility index (Phi) is 2.21. The zero-order chi connectivity index (χ0) is 10.5. The maximum Gasteiger partial charge on any atom is 0.0395 e. The van der Waals surface area contributed by atoms with E-state index in [1.807, 2.05) is 11.1 Å². The normalized spacial score (nSPS) is 41.6.